The van der Waals surface area contributed by atoms with E-state index in [2.05, 4.69) is 87.7 Å². The van der Waals surface area contributed by atoms with Gasteiger partial charge in [0.15, 0.2) is 0 Å². The highest BCUT2D eigenvalue weighted by molar-refractivity contribution is 14.1. The molecule has 0 unspecified atom stereocenters. The van der Waals surface area contributed by atoms with Crippen LogP contribution in [0.4, 0.5) is 0 Å². The summed E-state index contributed by atoms with van der Waals surface area (Å²) in [4.78, 5) is 0. The lowest BCUT2D eigenvalue weighted by Crippen LogP contribution is -1.80. The third kappa shape index (κ3) is 1.18. The van der Waals surface area contributed by atoms with Gasteiger partial charge in [-0.2, -0.15) is 0 Å². The molecule has 94 valence electrons. The van der Waals surface area contributed by atoms with Gasteiger partial charge in [-0.25, -0.2) is 0 Å². The molecule has 0 N–H and O–H groups in total. The van der Waals surface area contributed by atoms with Crippen LogP contribution in [0.1, 0.15) is 0 Å². The number of hydrogen-bond donors (Lipinski definition) is 0. The molecule has 5 rings (SSSR count). The van der Waals surface area contributed by atoms with Gasteiger partial charge in [-0.15, -0.1) is 0 Å². The maximum atomic E-state index is 2.41. The standard InChI is InChI=1S/C18H10IN/c19-11-8-9-17-15(10-11)14-6-3-5-13-12-4-1-2-7-16(12)20(17)18(13)14/h1-10H. The van der Waals surface area contributed by atoms with Crippen LogP contribution in [0.25, 0.3) is 38.1 Å². The van der Waals surface area contributed by atoms with Crippen LogP contribution < -0.4 is 0 Å². The lowest BCUT2D eigenvalue weighted by Gasteiger charge is -1.97. The summed E-state index contributed by atoms with van der Waals surface area (Å²) in [5.74, 6) is 0. The van der Waals surface area contributed by atoms with Gasteiger partial charge in [0.1, 0.15) is 0 Å². The zero-order valence-electron chi connectivity index (χ0n) is 10.6. The zero-order valence-corrected chi connectivity index (χ0v) is 12.8. The van der Waals surface area contributed by atoms with Crippen molar-refractivity contribution in [1.82, 2.24) is 4.40 Å². The van der Waals surface area contributed by atoms with E-state index < -0.39 is 0 Å². The topological polar surface area (TPSA) is 4.41 Å². The second-order valence-corrected chi connectivity index (χ2v) is 6.46. The van der Waals surface area contributed by atoms with E-state index in [1.54, 1.807) is 0 Å². The van der Waals surface area contributed by atoms with E-state index in [4.69, 9.17) is 0 Å². The first kappa shape index (κ1) is 10.9. The molecule has 20 heavy (non-hydrogen) atoms. The summed E-state index contributed by atoms with van der Waals surface area (Å²) >= 11 is 2.39. The molecule has 3 aromatic carbocycles. The first-order chi connectivity index (χ1) is 9.84. The van der Waals surface area contributed by atoms with Crippen molar-refractivity contribution in [3.8, 4) is 0 Å². The van der Waals surface area contributed by atoms with Gasteiger partial charge in [-0.1, -0.05) is 36.4 Å². The summed E-state index contributed by atoms with van der Waals surface area (Å²) in [6.07, 6.45) is 0. The summed E-state index contributed by atoms with van der Waals surface area (Å²) in [7, 11) is 0. The van der Waals surface area contributed by atoms with Gasteiger partial charge in [0, 0.05) is 25.1 Å². The third-order valence-corrected chi connectivity index (χ3v) is 4.86. The summed E-state index contributed by atoms with van der Waals surface area (Å²) in [6, 6.07) is 22.0. The molecule has 2 heterocycles. The van der Waals surface area contributed by atoms with E-state index in [-0.39, 0.29) is 0 Å². The molecular weight excluding hydrogens is 357 g/mol. The fourth-order valence-corrected chi connectivity index (χ4v) is 3.90. The Morgan fingerprint density at radius 1 is 0.650 bits per heavy atom. The Kier molecular flexibility index (Phi) is 1.99. The highest BCUT2D eigenvalue weighted by Gasteiger charge is 2.16. The van der Waals surface area contributed by atoms with E-state index in [1.807, 2.05) is 0 Å². The summed E-state index contributed by atoms with van der Waals surface area (Å²) < 4.78 is 3.69. The Labute approximate surface area is 129 Å². The molecule has 0 saturated carbocycles. The number of para-hydroxylation sites is 2. The lowest BCUT2D eigenvalue weighted by molar-refractivity contribution is 1.37. The highest BCUT2D eigenvalue weighted by Crippen LogP contribution is 2.38. The van der Waals surface area contributed by atoms with E-state index in [1.165, 1.54) is 41.7 Å². The van der Waals surface area contributed by atoms with Crippen molar-refractivity contribution in [2.24, 2.45) is 0 Å². The third-order valence-electron chi connectivity index (χ3n) is 4.18. The Morgan fingerprint density at radius 3 is 2.25 bits per heavy atom. The van der Waals surface area contributed by atoms with Crippen LogP contribution >= 0.6 is 22.6 Å². The smallest absolute Gasteiger partial charge is 0.0620 e. The molecule has 2 aromatic heterocycles. The SMILES string of the molecule is Ic1ccc2c(c1)c1cccc3c4ccccc4n2c31. The second-order valence-electron chi connectivity index (χ2n) is 5.22. The van der Waals surface area contributed by atoms with Crippen molar-refractivity contribution in [2.45, 2.75) is 0 Å². The number of aromatic nitrogens is 1. The van der Waals surface area contributed by atoms with Crippen LogP contribution in [0.15, 0.2) is 60.7 Å². The maximum absolute atomic E-state index is 2.41. The average molecular weight is 367 g/mol. The van der Waals surface area contributed by atoms with E-state index >= 15 is 0 Å². The number of benzene rings is 3. The minimum Gasteiger partial charge on any atom is -0.308 e. The Hall–Kier alpha value is -1.81. The molecule has 0 aliphatic carbocycles. The molecule has 5 aromatic rings. The van der Waals surface area contributed by atoms with Crippen molar-refractivity contribution in [2.75, 3.05) is 0 Å². The van der Waals surface area contributed by atoms with Crippen LogP contribution in [-0.2, 0) is 0 Å². The normalized spacial score (nSPS) is 12.2. The molecular formula is C18H10IN. The lowest BCUT2D eigenvalue weighted by atomic mass is 10.1. The van der Waals surface area contributed by atoms with Gasteiger partial charge < -0.3 is 4.40 Å². The fraction of sp³-hybridized carbons (Fsp3) is 0. The van der Waals surface area contributed by atoms with Crippen molar-refractivity contribution >= 4 is 60.7 Å². The summed E-state index contributed by atoms with van der Waals surface area (Å²) in [5, 5.41) is 5.40. The van der Waals surface area contributed by atoms with E-state index in [9.17, 15) is 0 Å². The molecule has 0 amide bonds. The number of fused-ring (bicyclic) bond motifs is 6. The molecule has 0 fully saturated rings. The predicted octanol–water partition coefficient (Wildman–Crippen LogP) is 5.44. The second kappa shape index (κ2) is 3.64. The Morgan fingerprint density at radius 2 is 1.35 bits per heavy atom. The summed E-state index contributed by atoms with van der Waals surface area (Å²) in [6.45, 7) is 0. The van der Waals surface area contributed by atoms with Gasteiger partial charge in [0.25, 0.3) is 0 Å². The van der Waals surface area contributed by atoms with E-state index in [0.29, 0.717) is 0 Å². The Balaban J connectivity index is 2.27. The zero-order chi connectivity index (χ0) is 13.3. The number of halogens is 1. The van der Waals surface area contributed by atoms with Crippen molar-refractivity contribution in [1.29, 1.82) is 0 Å². The van der Waals surface area contributed by atoms with Crippen LogP contribution in [0.5, 0.6) is 0 Å². The average Bonchev–Trinajstić information content (AvgIpc) is 2.98. The minimum absolute atomic E-state index is 1.29. The van der Waals surface area contributed by atoms with Crippen LogP contribution in [0.3, 0.4) is 0 Å². The molecule has 1 nitrogen and oxygen atoms in total. The molecule has 0 radical (unpaired) electrons. The number of rotatable bonds is 0. The van der Waals surface area contributed by atoms with Gasteiger partial charge >= 0.3 is 0 Å². The molecule has 0 aliphatic heterocycles. The molecule has 2 heteroatoms. The quantitative estimate of drug-likeness (QED) is 0.321. The van der Waals surface area contributed by atoms with E-state index in [0.717, 1.165) is 0 Å². The van der Waals surface area contributed by atoms with Gasteiger partial charge in [0.2, 0.25) is 0 Å². The largest absolute Gasteiger partial charge is 0.308 e. The van der Waals surface area contributed by atoms with Crippen molar-refractivity contribution in [3.63, 3.8) is 0 Å². The number of hydrogen-bond acceptors (Lipinski definition) is 0. The minimum atomic E-state index is 1.29. The summed E-state index contributed by atoms with van der Waals surface area (Å²) in [5.41, 5.74) is 3.96. The molecule has 0 saturated heterocycles. The van der Waals surface area contributed by atoms with Crippen LogP contribution in [0, 0.1) is 3.57 Å². The predicted molar refractivity (Wildman–Crippen MR) is 93.8 cm³/mol. The maximum Gasteiger partial charge on any atom is 0.0620 e. The van der Waals surface area contributed by atoms with Crippen LogP contribution in [-0.4, -0.2) is 4.40 Å². The first-order valence-corrected chi connectivity index (χ1v) is 7.75. The Bertz CT molecular complexity index is 1100. The number of nitrogens with zero attached hydrogens (tertiary/aromatic N) is 1. The fourth-order valence-electron chi connectivity index (χ4n) is 3.41. The van der Waals surface area contributed by atoms with Gasteiger partial charge in [-0.05, 0) is 46.9 Å². The van der Waals surface area contributed by atoms with Gasteiger partial charge in [-0.3, -0.25) is 0 Å². The van der Waals surface area contributed by atoms with Crippen molar-refractivity contribution < 1.29 is 0 Å². The van der Waals surface area contributed by atoms with Crippen LogP contribution in [0.2, 0.25) is 0 Å². The molecule has 0 atom stereocenters. The molecule has 0 aliphatic rings. The molecule has 0 bridgehead atoms. The van der Waals surface area contributed by atoms with Crippen molar-refractivity contribution in [3.05, 3.63) is 64.2 Å². The van der Waals surface area contributed by atoms with Gasteiger partial charge in [0.05, 0.1) is 16.6 Å². The monoisotopic (exact) mass is 367 g/mol. The highest BCUT2D eigenvalue weighted by atomic mass is 127. The molecule has 0 spiro atoms. The first-order valence-electron chi connectivity index (χ1n) is 6.67.